The highest BCUT2D eigenvalue weighted by Gasteiger charge is 2.40. The molecule has 1 unspecified atom stereocenters. The average molecular weight is 309 g/mol. The molecule has 1 saturated heterocycles. The van der Waals surface area contributed by atoms with Gasteiger partial charge in [-0.25, -0.2) is 14.8 Å². The highest BCUT2D eigenvalue weighted by molar-refractivity contribution is 6.04. The van der Waals surface area contributed by atoms with Gasteiger partial charge >= 0.3 is 6.03 Å². The van der Waals surface area contributed by atoms with Crippen LogP contribution in [0, 0.1) is 13.8 Å². The number of carbonyl (C=O) groups excluding carboxylic acids is 1. The zero-order chi connectivity index (χ0) is 16.0. The van der Waals surface area contributed by atoms with Crippen molar-refractivity contribution in [2.24, 2.45) is 0 Å². The smallest absolute Gasteiger partial charge is 0.329 e. The van der Waals surface area contributed by atoms with Crippen LogP contribution in [-0.4, -0.2) is 35.1 Å². The lowest BCUT2D eigenvalue weighted by molar-refractivity contribution is 0.254. The Hall–Kier alpha value is -2.63. The summed E-state index contributed by atoms with van der Waals surface area (Å²) in [6.07, 6.45) is 2.71. The number of amides is 2. The first kappa shape index (κ1) is 14.0. The molecule has 118 valence electrons. The summed E-state index contributed by atoms with van der Waals surface area (Å²) in [5, 5.41) is 2.90. The molecule has 4 heterocycles. The van der Waals surface area contributed by atoms with Crippen molar-refractivity contribution in [3.63, 3.8) is 0 Å². The summed E-state index contributed by atoms with van der Waals surface area (Å²) in [4.78, 5) is 25.8. The molecule has 1 N–H and O–H groups in total. The molecule has 2 aromatic heterocycles. The lowest BCUT2D eigenvalue weighted by Crippen LogP contribution is -2.48. The minimum absolute atomic E-state index is 0.160. The molecule has 23 heavy (non-hydrogen) atoms. The molecule has 2 amide bonds. The second-order valence-corrected chi connectivity index (χ2v) is 6.20. The predicted octanol–water partition coefficient (Wildman–Crippen LogP) is 2.72. The third-order valence-electron chi connectivity index (χ3n) is 4.46. The van der Waals surface area contributed by atoms with Gasteiger partial charge in [0.1, 0.15) is 5.82 Å². The number of pyridine rings is 2. The minimum atomic E-state index is -0.160. The predicted molar refractivity (Wildman–Crippen MR) is 90.1 cm³/mol. The van der Waals surface area contributed by atoms with Crippen molar-refractivity contribution in [2.45, 2.75) is 26.3 Å². The standard InChI is InChI=1S/C17H19N5O/c1-11-3-6-15(18-9-11)20-17(23)22-13-7-8-21(10-13)14-5-4-12(2)19-16(14)22/h3-6,9,13H,7-8,10H2,1-2H3,(H,18,20,23). The number of anilines is 3. The van der Waals surface area contributed by atoms with E-state index in [9.17, 15) is 4.79 Å². The summed E-state index contributed by atoms with van der Waals surface area (Å²) < 4.78 is 0. The van der Waals surface area contributed by atoms with Crippen LogP contribution in [0.2, 0.25) is 0 Å². The van der Waals surface area contributed by atoms with E-state index in [0.29, 0.717) is 5.82 Å². The van der Waals surface area contributed by atoms with Crippen molar-refractivity contribution in [1.82, 2.24) is 9.97 Å². The van der Waals surface area contributed by atoms with Crippen molar-refractivity contribution in [3.8, 4) is 0 Å². The monoisotopic (exact) mass is 309 g/mol. The second-order valence-electron chi connectivity index (χ2n) is 6.20. The summed E-state index contributed by atoms with van der Waals surface area (Å²) in [6.45, 7) is 5.75. The number of hydrogen-bond donors (Lipinski definition) is 1. The number of nitrogens with zero attached hydrogens (tertiary/aromatic N) is 4. The molecule has 0 aromatic carbocycles. The van der Waals surface area contributed by atoms with Crippen LogP contribution in [0.3, 0.4) is 0 Å². The van der Waals surface area contributed by atoms with Crippen LogP contribution in [0.1, 0.15) is 17.7 Å². The highest BCUT2D eigenvalue weighted by Crippen LogP contribution is 2.38. The summed E-state index contributed by atoms with van der Waals surface area (Å²) >= 11 is 0. The van der Waals surface area contributed by atoms with Gasteiger partial charge in [-0.1, -0.05) is 6.07 Å². The third-order valence-corrected chi connectivity index (χ3v) is 4.46. The summed E-state index contributed by atoms with van der Waals surface area (Å²) in [6, 6.07) is 7.82. The Bertz CT molecular complexity index is 758. The molecule has 0 aliphatic carbocycles. The first-order valence-electron chi connectivity index (χ1n) is 7.87. The van der Waals surface area contributed by atoms with Gasteiger partial charge < -0.3 is 4.90 Å². The maximum absolute atomic E-state index is 12.8. The number of urea groups is 1. The van der Waals surface area contributed by atoms with Gasteiger partial charge in [0, 0.05) is 25.0 Å². The molecule has 6 nitrogen and oxygen atoms in total. The van der Waals surface area contributed by atoms with Crippen LogP contribution in [0.5, 0.6) is 0 Å². The van der Waals surface area contributed by atoms with Crippen LogP contribution >= 0.6 is 0 Å². The fourth-order valence-corrected chi connectivity index (χ4v) is 3.28. The normalized spacial score (nSPS) is 18.8. The van der Waals surface area contributed by atoms with Gasteiger partial charge in [0.05, 0.1) is 11.7 Å². The Labute approximate surface area is 135 Å². The van der Waals surface area contributed by atoms with Gasteiger partial charge in [0.25, 0.3) is 0 Å². The molecule has 0 radical (unpaired) electrons. The van der Waals surface area contributed by atoms with Crippen molar-refractivity contribution < 1.29 is 4.79 Å². The zero-order valence-electron chi connectivity index (χ0n) is 13.3. The average Bonchev–Trinajstić information content (AvgIpc) is 2.94. The quantitative estimate of drug-likeness (QED) is 0.880. The van der Waals surface area contributed by atoms with E-state index in [0.717, 1.165) is 42.3 Å². The van der Waals surface area contributed by atoms with Crippen LogP contribution in [0.4, 0.5) is 22.1 Å². The van der Waals surface area contributed by atoms with E-state index in [1.165, 1.54) is 0 Å². The topological polar surface area (TPSA) is 61.4 Å². The number of rotatable bonds is 1. The SMILES string of the molecule is Cc1ccc(NC(=O)N2c3nc(C)ccc3N3CCC2C3)nc1. The molecule has 2 aliphatic heterocycles. The number of aromatic nitrogens is 2. The van der Waals surface area contributed by atoms with Gasteiger partial charge in [0.15, 0.2) is 5.82 Å². The minimum Gasteiger partial charge on any atom is -0.366 e. The van der Waals surface area contributed by atoms with Gasteiger partial charge in [0.2, 0.25) is 0 Å². The Morgan fingerprint density at radius 3 is 2.91 bits per heavy atom. The molecule has 0 spiro atoms. The van der Waals surface area contributed by atoms with E-state index in [4.69, 9.17) is 0 Å². The molecular formula is C17H19N5O. The Morgan fingerprint density at radius 1 is 1.26 bits per heavy atom. The van der Waals surface area contributed by atoms with Crippen LogP contribution < -0.4 is 15.1 Å². The fraction of sp³-hybridized carbons (Fsp3) is 0.353. The van der Waals surface area contributed by atoms with E-state index in [1.54, 1.807) is 11.1 Å². The van der Waals surface area contributed by atoms with Crippen molar-refractivity contribution in [1.29, 1.82) is 0 Å². The largest absolute Gasteiger partial charge is 0.366 e. The number of hydrogen-bond acceptors (Lipinski definition) is 4. The van der Waals surface area contributed by atoms with Crippen molar-refractivity contribution in [3.05, 3.63) is 41.7 Å². The van der Waals surface area contributed by atoms with E-state index < -0.39 is 0 Å². The van der Waals surface area contributed by atoms with E-state index in [2.05, 4.69) is 26.3 Å². The van der Waals surface area contributed by atoms with E-state index >= 15 is 0 Å². The second kappa shape index (κ2) is 5.22. The van der Waals surface area contributed by atoms with Crippen LogP contribution in [0.25, 0.3) is 0 Å². The lowest BCUT2D eigenvalue weighted by atomic mass is 10.2. The van der Waals surface area contributed by atoms with Crippen molar-refractivity contribution in [2.75, 3.05) is 28.2 Å². The highest BCUT2D eigenvalue weighted by atomic mass is 16.2. The Morgan fingerprint density at radius 2 is 2.13 bits per heavy atom. The van der Waals surface area contributed by atoms with Gasteiger partial charge in [-0.2, -0.15) is 0 Å². The molecule has 0 saturated carbocycles. The number of carbonyl (C=O) groups is 1. The number of nitrogens with one attached hydrogen (secondary N) is 1. The number of aryl methyl sites for hydroxylation is 2. The summed E-state index contributed by atoms with van der Waals surface area (Å²) in [7, 11) is 0. The van der Waals surface area contributed by atoms with Crippen LogP contribution in [0.15, 0.2) is 30.5 Å². The maximum Gasteiger partial charge on any atom is 0.329 e. The van der Waals surface area contributed by atoms with E-state index in [-0.39, 0.29) is 12.1 Å². The van der Waals surface area contributed by atoms with Gasteiger partial charge in [-0.15, -0.1) is 0 Å². The fourth-order valence-electron chi connectivity index (χ4n) is 3.28. The lowest BCUT2D eigenvalue weighted by Gasteiger charge is -2.35. The maximum atomic E-state index is 12.8. The molecular weight excluding hydrogens is 290 g/mol. The summed E-state index contributed by atoms with van der Waals surface area (Å²) in [5.41, 5.74) is 3.02. The zero-order valence-corrected chi connectivity index (χ0v) is 13.3. The first-order chi connectivity index (χ1) is 11.1. The first-order valence-corrected chi connectivity index (χ1v) is 7.87. The third kappa shape index (κ3) is 2.40. The Kier molecular flexibility index (Phi) is 3.18. The van der Waals surface area contributed by atoms with Gasteiger partial charge in [-0.3, -0.25) is 10.2 Å². The molecule has 2 bridgehead atoms. The summed E-state index contributed by atoms with van der Waals surface area (Å²) in [5.74, 6) is 1.32. The molecule has 1 fully saturated rings. The van der Waals surface area contributed by atoms with Gasteiger partial charge in [-0.05, 0) is 44.0 Å². The molecule has 2 aliphatic rings. The van der Waals surface area contributed by atoms with Crippen LogP contribution in [-0.2, 0) is 0 Å². The molecule has 2 aromatic rings. The number of fused-ring (bicyclic) bond motifs is 4. The molecule has 6 heteroatoms. The van der Waals surface area contributed by atoms with Crippen molar-refractivity contribution >= 4 is 23.4 Å². The molecule has 1 atom stereocenters. The Balaban J connectivity index is 1.67. The van der Waals surface area contributed by atoms with E-state index in [1.807, 2.05) is 32.0 Å². The molecule has 4 rings (SSSR count).